The molecule has 4 rings (SSSR count). The van der Waals surface area contributed by atoms with Crippen molar-refractivity contribution in [3.8, 4) is 17.2 Å². The summed E-state index contributed by atoms with van der Waals surface area (Å²) in [7, 11) is -2.73. The Morgan fingerprint density at radius 3 is 2.62 bits per heavy atom. The number of carbonyl (C=O) groups excluding carboxylic acids is 1. The zero-order valence-electron chi connectivity index (χ0n) is 18.5. The Morgan fingerprint density at radius 1 is 1.24 bits per heavy atom. The largest absolute Gasteiger partial charge is 0.497 e. The van der Waals surface area contributed by atoms with Crippen molar-refractivity contribution in [2.75, 3.05) is 13.9 Å². The van der Waals surface area contributed by atoms with Crippen molar-refractivity contribution in [2.45, 2.75) is 30.8 Å². The van der Waals surface area contributed by atoms with Crippen molar-refractivity contribution >= 4 is 15.9 Å². The number of amides is 1. The highest BCUT2D eigenvalue weighted by molar-refractivity contribution is 7.89. The normalized spacial score (nSPS) is 13.6. The van der Waals surface area contributed by atoms with Gasteiger partial charge in [0.15, 0.2) is 11.5 Å². The lowest BCUT2D eigenvalue weighted by molar-refractivity contribution is -0.133. The molecule has 12 heteroatoms. The summed E-state index contributed by atoms with van der Waals surface area (Å²) >= 11 is 0. The quantitative estimate of drug-likeness (QED) is 0.305. The molecule has 180 valence electrons. The predicted molar refractivity (Wildman–Crippen MR) is 119 cm³/mol. The zero-order chi connectivity index (χ0) is 24.3. The van der Waals surface area contributed by atoms with Gasteiger partial charge in [0.1, 0.15) is 17.6 Å². The molecule has 0 aliphatic carbocycles. The number of carbonyl (C=O) groups is 1. The van der Waals surface area contributed by atoms with Crippen molar-refractivity contribution in [1.82, 2.24) is 19.8 Å². The van der Waals surface area contributed by atoms with Crippen LogP contribution in [0.2, 0.25) is 0 Å². The van der Waals surface area contributed by atoms with E-state index in [2.05, 4.69) is 9.97 Å². The fourth-order valence-electron chi connectivity index (χ4n) is 3.65. The summed E-state index contributed by atoms with van der Waals surface area (Å²) in [4.78, 5) is 19.8. The number of hydroxylamine groups is 1. The van der Waals surface area contributed by atoms with Crippen LogP contribution >= 0.6 is 0 Å². The summed E-state index contributed by atoms with van der Waals surface area (Å²) in [6.45, 7) is 1.64. The average Bonchev–Trinajstić information content (AvgIpc) is 3.48. The number of ether oxygens (including phenoxy) is 3. The summed E-state index contributed by atoms with van der Waals surface area (Å²) in [5, 5.41) is 9.43. The minimum Gasteiger partial charge on any atom is -0.497 e. The smallest absolute Gasteiger partial charge is 0.262 e. The maximum Gasteiger partial charge on any atom is 0.262 e. The number of methoxy groups -OCH3 is 1. The molecule has 34 heavy (non-hydrogen) atoms. The Labute approximate surface area is 196 Å². The molecular formula is C22H24N4O7S. The first-order valence-electron chi connectivity index (χ1n) is 10.3. The van der Waals surface area contributed by atoms with Gasteiger partial charge in [-0.15, -0.1) is 0 Å². The average molecular weight is 489 g/mol. The van der Waals surface area contributed by atoms with E-state index in [4.69, 9.17) is 14.2 Å². The number of imidazole rings is 1. The molecule has 0 bridgehead atoms. The van der Waals surface area contributed by atoms with Crippen LogP contribution in [0.1, 0.15) is 17.1 Å². The third-order valence-electron chi connectivity index (χ3n) is 5.37. The fourth-order valence-corrected chi connectivity index (χ4v) is 5.22. The number of nitrogens with zero attached hydrogens (tertiary/aromatic N) is 2. The molecule has 3 aromatic rings. The third kappa shape index (κ3) is 4.83. The van der Waals surface area contributed by atoms with E-state index in [1.54, 1.807) is 30.6 Å². The molecule has 1 amide bonds. The van der Waals surface area contributed by atoms with Gasteiger partial charge in [-0.05, 0) is 48.9 Å². The van der Waals surface area contributed by atoms with E-state index in [0.29, 0.717) is 34.3 Å². The number of aryl methyl sites for hydroxylation is 1. The van der Waals surface area contributed by atoms with E-state index in [1.165, 1.54) is 37.6 Å². The molecule has 3 N–H and O–H groups in total. The second-order valence-electron chi connectivity index (χ2n) is 7.60. The van der Waals surface area contributed by atoms with E-state index in [-0.39, 0.29) is 24.7 Å². The van der Waals surface area contributed by atoms with E-state index in [0.717, 1.165) is 4.31 Å². The van der Waals surface area contributed by atoms with Crippen LogP contribution in [0.5, 0.6) is 17.2 Å². The van der Waals surface area contributed by atoms with Crippen LogP contribution in [0.3, 0.4) is 0 Å². The van der Waals surface area contributed by atoms with Crippen LogP contribution in [0.15, 0.2) is 53.6 Å². The van der Waals surface area contributed by atoms with Crippen LogP contribution in [-0.2, 0) is 27.8 Å². The Balaban J connectivity index is 1.76. The molecule has 0 saturated heterocycles. The highest BCUT2D eigenvalue weighted by Crippen LogP contribution is 2.34. The number of hydrogen-bond acceptors (Lipinski definition) is 8. The Kier molecular flexibility index (Phi) is 6.72. The molecule has 0 radical (unpaired) electrons. The number of H-pyrrole nitrogens is 1. The standard InChI is InChI=1S/C22H24N4O7S/c1-14-23-11-16(24-14)10-19(22(27)25-28)26(12-15-3-8-20-21(9-15)33-13-32-20)34(29,30)18-6-4-17(31-2)5-7-18/h3-9,11,19,28H,10,12-13H2,1-2H3,(H,23,24)(H,25,27). The number of aromatic nitrogens is 2. The molecule has 1 unspecified atom stereocenters. The van der Waals surface area contributed by atoms with Crippen LogP contribution < -0.4 is 19.7 Å². The Bertz CT molecular complexity index is 1270. The molecule has 1 atom stereocenters. The van der Waals surface area contributed by atoms with Gasteiger partial charge in [-0.3, -0.25) is 10.0 Å². The maximum atomic E-state index is 13.8. The van der Waals surface area contributed by atoms with Gasteiger partial charge in [0.2, 0.25) is 16.8 Å². The van der Waals surface area contributed by atoms with E-state index < -0.39 is 22.0 Å². The van der Waals surface area contributed by atoms with Gasteiger partial charge in [0.05, 0.1) is 12.0 Å². The van der Waals surface area contributed by atoms with Crippen molar-refractivity contribution in [1.29, 1.82) is 0 Å². The number of rotatable bonds is 9. The summed E-state index contributed by atoms with van der Waals surface area (Å²) in [6.07, 6.45) is 1.47. The van der Waals surface area contributed by atoms with Gasteiger partial charge >= 0.3 is 0 Å². The molecule has 0 spiro atoms. The highest BCUT2D eigenvalue weighted by atomic mass is 32.2. The Morgan fingerprint density at radius 2 is 1.97 bits per heavy atom. The van der Waals surface area contributed by atoms with E-state index in [9.17, 15) is 18.4 Å². The summed E-state index contributed by atoms with van der Waals surface area (Å²) in [5.41, 5.74) is 2.70. The van der Waals surface area contributed by atoms with Gasteiger partial charge in [0.25, 0.3) is 5.91 Å². The molecule has 11 nitrogen and oxygen atoms in total. The minimum absolute atomic E-state index is 0.0365. The lowest BCUT2D eigenvalue weighted by Gasteiger charge is -2.29. The Hall–Kier alpha value is -3.61. The van der Waals surface area contributed by atoms with Gasteiger partial charge in [-0.25, -0.2) is 18.9 Å². The van der Waals surface area contributed by atoms with Gasteiger partial charge in [0, 0.05) is 24.9 Å². The SMILES string of the molecule is COc1ccc(S(=O)(=O)N(Cc2ccc3c(c2)OCO3)C(Cc2cnc(C)[nH]2)C(=O)NO)cc1. The maximum absolute atomic E-state index is 13.8. The van der Waals surface area contributed by atoms with Crippen molar-refractivity contribution in [2.24, 2.45) is 0 Å². The van der Waals surface area contributed by atoms with Crippen LogP contribution in [0.4, 0.5) is 0 Å². The zero-order valence-corrected chi connectivity index (χ0v) is 19.3. The number of sulfonamides is 1. The van der Waals surface area contributed by atoms with Crippen molar-refractivity contribution < 1.29 is 32.6 Å². The topological polar surface area (TPSA) is 143 Å². The minimum atomic E-state index is -4.21. The molecular weight excluding hydrogens is 464 g/mol. The van der Waals surface area contributed by atoms with Crippen LogP contribution in [0, 0.1) is 6.92 Å². The number of benzene rings is 2. The van der Waals surface area contributed by atoms with E-state index in [1.807, 2.05) is 0 Å². The number of hydrogen-bond donors (Lipinski definition) is 3. The molecule has 1 aliphatic heterocycles. The number of nitrogens with one attached hydrogen (secondary N) is 2. The lowest BCUT2D eigenvalue weighted by Crippen LogP contribution is -2.49. The first-order chi connectivity index (χ1) is 16.3. The second kappa shape index (κ2) is 9.71. The summed E-state index contributed by atoms with van der Waals surface area (Å²) in [5.74, 6) is 1.24. The molecule has 0 saturated carbocycles. The summed E-state index contributed by atoms with van der Waals surface area (Å²) in [6, 6.07) is 9.57. The van der Waals surface area contributed by atoms with Gasteiger partial charge < -0.3 is 19.2 Å². The van der Waals surface area contributed by atoms with Gasteiger partial charge in [-0.1, -0.05) is 6.07 Å². The first kappa shape index (κ1) is 23.5. The third-order valence-corrected chi connectivity index (χ3v) is 7.24. The lowest BCUT2D eigenvalue weighted by atomic mass is 10.1. The predicted octanol–water partition coefficient (Wildman–Crippen LogP) is 1.76. The number of fused-ring (bicyclic) bond motifs is 1. The van der Waals surface area contributed by atoms with Gasteiger partial charge in [-0.2, -0.15) is 4.31 Å². The molecule has 0 fully saturated rings. The molecule has 2 aromatic carbocycles. The van der Waals surface area contributed by atoms with Crippen LogP contribution in [-0.4, -0.2) is 53.7 Å². The fraction of sp³-hybridized carbons (Fsp3) is 0.273. The summed E-state index contributed by atoms with van der Waals surface area (Å²) < 4.78 is 44.4. The molecule has 1 aromatic heterocycles. The number of aromatic amines is 1. The van der Waals surface area contributed by atoms with E-state index >= 15 is 0 Å². The molecule has 2 heterocycles. The monoisotopic (exact) mass is 488 g/mol. The van der Waals surface area contributed by atoms with Crippen molar-refractivity contribution in [3.63, 3.8) is 0 Å². The molecule has 1 aliphatic rings. The first-order valence-corrected chi connectivity index (χ1v) is 11.7. The second-order valence-corrected chi connectivity index (χ2v) is 9.49. The van der Waals surface area contributed by atoms with Crippen LogP contribution in [0.25, 0.3) is 0 Å². The van der Waals surface area contributed by atoms with Crippen molar-refractivity contribution in [3.05, 3.63) is 65.7 Å². The highest BCUT2D eigenvalue weighted by Gasteiger charge is 2.37.